The van der Waals surface area contributed by atoms with Crippen LogP contribution in [0, 0.1) is 46.9 Å². The van der Waals surface area contributed by atoms with Crippen molar-refractivity contribution < 1.29 is 45.3 Å². The first-order valence-electron chi connectivity index (χ1n) is 16.0. The molecule has 0 bridgehead atoms. The van der Waals surface area contributed by atoms with Crippen LogP contribution in [-0.2, 0) is 14.2 Å². The summed E-state index contributed by atoms with van der Waals surface area (Å²) >= 11 is 0. The zero-order chi connectivity index (χ0) is 31.3. The molecule has 5 rings (SSSR count). The first kappa shape index (κ1) is 33.1. The molecule has 0 amide bonds. The molecular weight excluding hydrogens is 586 g/mol. The lowest BCUT2D eigenvalue weighted by atomic mass is 9.76. The molecule has 1 aliphatic heterocycles. The SMILES string of the molecule is CCCCOCC1CCC(C2COC(c3ccc(C4CCC(C(F)(F)Oc5cc(F)c(F)c(F)c5)CC4)c(F)c3)OC2)CC1. The Balaban J connectivity index is 1.08. The molecule has 0 N–H and O–H groups in total. The van der Waals surface area contributed by atoms with Crippen LogP contribution >= 0.6 is 0 Å². The molecule has 0 unspecified atom stereocenters. The van der Waals surface area contributed by atoms with Crippen LogP contribution in [0.5, 0.6) is 5.75 Å². The molecule has 3 aliphatic rings. The number of alkyl halides is 2. The van der Waals surface area contributed by atoms with Gasteiger partial charge in [0.2, 0.25) is 0 Å². The zero-order valence-corrected chi connectivity index (χ0v) is 25.2. The maximum atomic E-state index is 15.3. The van der Waals surface area contributed by atoms with Gasteiger partial charge in [-0.2, -0.15) is 8.78 Å². The highest BCUT2D eigenvalue weighted by Gasteiger charge is 2.44. The molecular formula is C34H42F6O4. The lowest BCUT2D eigenvalue weighted by molar-refractivity contribution is -0.222. The number of benzene rings is 2. The lowest BCUT2D eigenvalue weighted by Crippen LogP contribution is -2.37. The van der Waals surface area contributed by atoms with Crippen molar-refractivity contribution in [3.8, 4) is 5.75 Å². The molecule has 0 radical (unpaired) electrons. The molecule has 2 aliphatic carbocycles. The normalized spacial score (nSPS) is 28.2. The van der Waals surface area contributed by atoms with Gasteiger partial charge >= 0.3 is 6.11 Å². The van der Waals surface area contributed by atoms with E-state index >= 15 is 4.39 Å². The minimum atomic E-state index is -3.72. The number of halogens is 6. The van der Waals surface area contributed by atoms with Crippen LogP contribution in [0.2, 0.25) is 0 Å². The topological polar surface area (TPSA) is 36.9 Å². The average Bonchev–Trinajstić information content (AvgIpc) is 3.02. The van der Waals surface area contributed by atoms with Crippen LogP contribution in [0.15, 0.2) is 30.3 Å². The smallest absolute Gasteiger partial charge is 0.400 e. The van der Waals surface area contributed by atoms with Crippen molar-refractivity contribution in [3.63, 3.8) is 0 Å². The fourth-order valence-electron chi connectivity index (χ4n) is 6.90. The van der Waals surface area contributed by atoms with E-state index in [2.05, 4.69) is 11.7 Å². The van der Waals surface area contributed by atoms with Gasteiger partial charge in [0.15, 0.2) is 23.7 Å². The maximum absolute atomic E-state index is 15.3. The van der Waals surface area contributed by atoms with Gasteiger partial charge < -0.3 is 18.9 Å². The van der Waals surface area contributed by atoms with Gasteiger partial charge in [-0.1, -0.05) is 25.5 Å². The Kier molecular flexibility index (Phi) is 11.2. The van der Waals surface area contributed by atoms with Gasteiger partial charge in [0, 0.05) is 36.8 Å². The molecule has 0 spiro atoms. The van der Waals surface area contributed by atoms with Crippen molar-refractivity contribution in [2.75, 3.05) is 26.4 Å². The largest absolute Gasteiger partial charge is 0.432 e. The molecule has 10 heteroatoms. The Morgan fingerprint density at radius 3 is 2.07 bits per heavy atom. The fraction of sp³-hybridized carbons (Fsp3) is 0.647. The van der Waals surface area contributed by atoms with Crippen LogP contribution in [0.3, 0.4) is 0 Å². The lowest BCUT2D eigenvalue weighted by Gasteiger charge is -2.38. The van der Waals surface area contributed by atoms with E-state index in [0.29, 0.717) is 54.2 Å². The molecule has 2 aromatic carbocycles. The summed E-state index contributed by atoms with van der Waals surface area (Å²) in [5.74, 6) is -6.19. The third-order valence-corrected chi connectivity index (χ3v) is 9.63. The van der Waals surface area contributed by atoms with E-state index in [9.17, 15) is 22.0 Å². The summed E-state index contributed by atoms with van der Waals surface area (Å²) in [7, 11) is 0. The standard InChI is InChI=1S/C34H42F6O4/c1-2-3-14-41-18-21-4-6-22(7-5-21)25-19-42-33(43-20-25)24-10-13-28(29(35)15-24)23-8-11-26(12-9-23)34(39,40)44-27-16-30(36)32(38)31(37)17-27/h10,13,15-17,21-23,25-26,33H,2-9,11-12,14,18-20H2,1H3. The molecule has 2 saturated carbocycles. The fourth-order valence-corrected chi connectivity index (χ4v) is 6.90. The van der Waals surface area contributed by atoms with Crippen molar-refractivity contribution in [2.24, 2.45) is 23.7 Å². The highest BCUT2D eigenvalue weighted by atomic mass is 19.3. The molecule has 0 atom stereocenters. The molecule has 2 aromatic rings. The van der Waals surface area contributed by atoms with E-state index in [0.717, 1.165) is 51.7 Å². The van der Waals surface area contributed by atoms with Crippen molar-refractivity contribution in [1.29, 1.82) is 0 Å². The first-order chi connectivity index (χ1) is 21.1. The third kappa shape index (κ3) is 8.10. The highest BCUT2D eigenvalue weighted by molar-refractivity contribution is 5.29. The predicted molar refractivity (Wildman–Crippen MR) is 152 cm³/mol. The van der Waals surface area contributed by atoms with Crippen molar-refractivity contribution in [3.05, 3.63) is 64.7 Å². The van der Waals surface area contributed by atoms with E-state index in [-0.39, 0.29) is 31.6 Å². The highest BCUT2D eigenvalue weighted by Crippen LogP contribution is 2.44. The Morgan fingerprint density at radius 1 is 0.795 bits per heavy atom. The third-order valence-electron chi connectivity index (χ3n) is 9.63. The van der Waals surface area contributed by atoms with Crippen LogP contribution < -0.4 is 4.74 Å². The van der Waals surface area contributed by atoms with Gasteiger partial charge in [-0.3, -0.25) is 0 Å². The summed E-state index contributed by atoms with van der Waals surface area (Å²) in [5, 5.41) is 0. The quantitative estimate of drug-likeness (QED) is 0.141. The first-order valence-corrected chi connectivity index (χ1v) is 16.0. The van der Waals surface area contributed by atoms with Crippen LogP contribution in [-0.4, -0.2) is 32.5 Å². The summed E-state index contributed by atoms with van der Waals surface area (Å²) in [5.41, 5.74) is 1.04. The Bertz CT molecular complexity index is 1200. The number of ether oxygens (including phenoxy) is 4. The molecule has 1 saturated heterocycles. The molecule has 244 valence electrons. The Hall–Kier alpha value is -2.30. The minimum absolute atomic E-state index is 0.0229. The maximum Gasteiger partial charge on any atom is 0.400 e. The summed E-state index contributed by atoms with van der Waals surface area (Å²) in [6.07, 6.45) is 3.09. The second kappa shape index (κ2) is 14.9. The summed E-state index contributed by atoms with van der Waals surface area (Å²) in [6.45, 7) is 4.98. The van der Waals surface area contributed by atoms with E-state index in [1.165, 1.54) is 6.07 Å². The second-order valence-electron chi connectivity index (χ2n) is 12.7. The van der Waals surface area contributed by atoms with Crippen molar-refractivity contribution in [2.45, 2.75) is 89.4 Å². The van der Waals surface area contributed by atoms with Gasteiger partial charge in [0.05, 0.1) is 19.1 Å². The number of rotatable bonds is 11. The van der Waals surface area contributed by atoms with Gasteiger partial charge in [0.1, 0.15) is 11.6 Å². The van der Waals surface area contributed by atoms with E-state index < -0.39 is 47.3 Å². The number of hydrogen-bond donors (Lipinski definition) is 0. The molecule has 1 heterocycles. The second-order valence-corrected chi connectivity index (χ2v) is 12.7. The Labute approximate surface area is 255 Å². The summed E-state index contributed by atoms with van der Waals surface area (Å²) in [4.78, 5) is 0. The van der Waals surface area contributed by atoms with Gasteiger partial charge in [-0.05, 0) is 87.2 Å². The zero-order valence-electron chi connectivity index (χ0n) is 25.2. The van der Waals surface area contributed by atoms with E-state index in [4.69, 9.17) is 14.2 Å². The van der Waals surface area contributed by atoms with Crippen LogP contribution in [0.1, 0.15) is 94.5 Å². The minimum Gasteiger partial charge on any atom is -0.432 e. The Morgan fingerprint density at radius 2 is 1.45 bits per heavy atom. The van der Waals surface area contributed by atoms with Crippen molar-refractivity contribution >= 4 is 0 Å². The van der Waals surface area contributed by atoms with Crippen molar-refractivity contribution in [1.82, 2.24) is 0 Å². The van der Waals surface area contributed by atoms with Crippen LogP contribution in [0.4, 0.5) is 26.3 Å². The molecule has 4 nitrogen and oxygen atoms in total. The van der Waals surface area contributed by atoms with Crippen LogP contribution in [0.25, 0.3) is 0 Å². The van der Waals surface area contributed by atoms with E-state index in [1.54, 1.807) is 12.1 Å². The number of hydrogen-bond acceptors (Lipinski definition) is 4. The van der Waals surface area contributed by atoms with Gasteiger partial charge in [0.25, 0.3) is 0 Å². The van der Waals surface area contributed by atoms with Gasteiger partial charge in [-0.15, -0.1) is 0 Å². The molecule has 44 heavy (non-hydrogen) atoms. The predicted octanol–water partition coefficient (Wildman–Crippen LogP) is 9.47. The summed E-state index contributed by atoms with van der Waals surface area (Å²) < 4.78 is 107. The van der Waals surface area contributed by atoms with Gasteiger partial charge in [-0.25, -0.2) is 17.6 Å². The number of unbranched alkanes of at least 4 members (excludes halogenated alkanes) is 1. The summed E-state index contributed by atoms with van der Waals surface area (Å²) in [6, 6.07) is 5.65. The molecule has 0 aromatic heterocycles. The average molecular weight is 629 g/mol. The molecule has 3 fully saturated rings. The monoisotopic (exact) mass is 628 g/mol. The van der Waals surface area contributed by atoms with E-state index in [1.807, 2.05) is 0 Å².